The van der Waals surface area contributed by atoms with Gasteiger partial charge in [0.05, 0.1) is 23.5 Å². The van der Waals surface area contributed by atoms with Gasteiger partial charge in [-0.25, -0.2) is 13.1 Å². The van der Waals surface area contributed by atoms with E-state index in [1.54, 1.807) is 27.0 Å². The SMILES string of the molecule is CCC1CC2CC(C2)N1C(=O)C1(Cn2c(-c3ccc(OC)cc3)c(C3CCCCC3)c3ccc(C(=O)NS(=O)(=O)C(C)CC)cc32)CC1. The molecule has 9 heteroatoms. The molecular weight excluding hydrogens is 623 g/mol. The van der Waals surface area contributed by atoms with Gasteiger partial charge in [-0.15, -0.1) is 0 Å². The van der Waals surface area contributed by atoms with E-state index in [-0.39, 0.29) is 0 Å². The average Bonchev–Trinajstić information content (AvgIpc) is 3.82. The second-order valence-electron chi connectivity index (χ2n) is 15.1. The van der Waals surface area contributed by atoms with E-state index in [0.717, 1.165) is 85.2 Å². The van der Waals surface area contributed by atoms with Gasteiger partial charge >= 0.3 is 0 Å². The van der Waals surface area contributed by atoms with Crippen LogP contribution in [0.5, 0.6) is 5.75 Å². The Labute approximate surface area is 285 Å². The lowest BCUT2D eigenvalue weighted by Gasteiger charge is -2.54. The smallest absolute Gasteiger partial charge is 0.264 e. The van der Waals surface area contributed by atoms with Gasteiger partial charge in [0.2, 0.25) is 15.9 Å². The van der Waals surface area contributed by atoms with Crippen molar-refractivity contribution in [1.82, 2.24) is 14.2 Å². The molecule has 1 aromatic heterocycles. The first kappa shape index (κ1) is 33.2. The molecular formula is C39H51N3O5S. The van der Waals surface area contributed by atoms with Crippen LogP contribution in [-0.2, 0) is 21.4 Å². The Bertz CT molecular complexity index is 1800. The second kappa shape index (κ2) is 12.8. The minimum absolute atomic E-state index is 0.299. The van der Waals surface area contributed by atoms with Crippen LogP contribution < -0.4 is 9.46 Å². The molecule has 0 spiro atoms. The van der Waals surface area contributed by atoms with Gasteiger partial charge in [-0.05, 0) is 124 Å². The van der Waals surface area contributed by atoms with E-state index in [9.17, 15) is 18.0 Å². The minimum Gasteiger partial charge on any atom is -0.497 e. The molecule has 1 N–H and O–H groups in total. The molecule has 8 rings (SSSR count). The Balaban J connectivity index is 1.37. The van der Waals surface area contributed by atoms with Crippen LogP contribution in [0.1, 0.15) is 120 Å². The number of fused-ring (bicyclic) bond motifs is 3. The Kier molecular flexibility index (Phi) is 8.88. The zero-order chi connectivity index (χ0) is 33.8. The molecule has 2 aromatic carbocycles. The number of sulfonamides is 1. The number of ether oxygens (including phenoxy) is 1. The number of carbonyl (C=O) groups excluding carboxylic acids is 2. The highest BCUT2D eigenvalue weighted by Crippen LogP contribution is 2.55. The van der Waals surface area contributed by atoms with Crippen LogP contribution in [0.4, 0.5) is 0 Å². The van der Waals surface area contributed by atoms with Crippen LogP contribution in [0.3, 0.4) is 0 Å². The lowest BCUT2D eigenvalue weighted by atomic mass is 9.69. The van der Waals surface area contributed by atoms with Gasteiger partial charge in [-0.1, -0.05) is 39.2 Å². The molecule has 2 saturated heterocycles. The fourth-order valence-corrected chi connectivity index (χ4v) is 9.85. The summed E-state index contributed by atoms with van der Waals surface area (Å²) in [6.45, 7) is 6.16. The summed E-state index contributed by atoms with van der Waals surface area (Å²) in [5.41, 5.74) is 4.17. The Morgan fingerprint density at radius 1 is 1.00 bits per heavy atom. The highest BCUT2D eigenvalue weighted by molar-refractivity contribution is 7.90. The molecule has 2 aliphatic heterocycles. The molecule has 2 amide bonds. The number of rotatable bonds is 11. The number of carbonyl (C=O) groups is 2. The van der Waals surface area contributed by atoms with Crippen molar-refractivity contribution in [3.05, 3.63) is 53.6 Å². The quantitative estimate of drug-likeness (QED) is 0.224. The maximum atomic E-state index is 14.7. The van der Waals surface area contributed by atoms with Gasteiger partial charge in [0.1, 0.15) is 5.75 Å². The molecule has 5 fully saturated rings. The van der Waals surface area contributed by atoms with Crippen molar-refractivity contribution in [3.8, 4) is 17.0 Å². The number of hydrogen-bond donors (Lipinski definition) is 1. The highest BCUT2D eigenvalue weighted by atomic mass is 32.2. The molecule has 2 unspecified atom stereocenters. The second-order valence-corrected chi connectivity index (χ2v) is 17.2. The zero-order valence-electron chi connectivity index (χ0n) is 29.0. The van der Waals surface area contributed by atoms with Crippen molar-refractivity contribution in [2.45, 2.75) is 128 Å². The number of nitrogens with one attached hydrogen (secondary N) is 1. The number of hydrogen-bond acceptors (Lipinski definition) is 5. The third-order valence-corrected chi connectivity index (χ3v) is 14.0. The van der Waals surface area contributed by atoms with Crippen molar-refractivity contribution in [1.29, 1.82) is 0 Å². The van der Waals surface area contributed by atoms with Gasteiger partial charge < -0.3 is 14.2 Å². The lowest BCUT2D eigenvalue weighted by molar-refractivity contribution is -0.153. The Morgan fingerprint density at radius 3 is 2.33 bits per heavy atom. The molecule has 2 atom stereocenters. The van der Waals surface area contributed by atoms with E-state index < -0.39 is 26.6 Å². The molecule has 3 heterocycles. The van der Waals surface area contributed by atoms with E-state index in [1.807, 2.05) is 24.3 Å². The number of methoxy groups -OCH3 is 1. The van der Waals surface area contributed by atoms with Crippen LogP contribution in [-0.4, -0.2) is 54.1 Å². The van der Waals surface area contributed by atoms with Crippen LogP contribution in [0.25, 0.3) is 22.2 Å². The van der Waals surface area contributed by atoms with Gasteiger partial charge in [0, 0.05) is 35.1 Å². The van der Waals surface area contributed by atoms with E-state index in [2.05, 4.69) is 33.2 Å². The van der Waals surface area contributed by atoms with Crippen LogP contribution in [0.15, 0.2) is 42.5 Å². The average molecular weight is 674 g/mol. The summed E-state index contributed by atoms with van der Waals surface area (Å²) in [5, 5.41) is 0.408. The van der Waals surface area contributed by atoms with Crippen molar-refractivity contribution in [3.63, 3.8) is 0 Å². The fourth-order valence-electron chi connectivity index (χ4n) is 8.83. The lowest BCUT2D eigenvalue weighted by Crippen LogP contribution is -2.60. The van der Waals surface area contributed by atoms with E-state index >= 15 is 0 Å². The first-order chi connectivity index (χ1) is 23.1. The van der Waals surface area contributed by atoms with Crippen molar-refractivity contribution >= 4 is 32.7 Å². The van der Waals surface area contributed by atoms with Gasteiger partial charge in [-0.2, -0.15) is 0 Å². The van der Waals surface area contributed by atoms with Crippen LogP contribution in [0, 0.1) is 11.3 Å². The monoisotopic (exact) mass is 673 g/mol. The number of piperidine rings is 2. The van der Waals surface area contributed by atoms with Crippen LogP contribution >= 0.6 is 0 Å². The largest absolute Gasteiger partial charge is 0.497 e. The first-order valence-corrected chi connectivity index (χ1v) is 19.8. The van der Waals surface area contributed by atoms with Crippen molar-refractivity contribution in [2.75, 3.05) is 7.11 Å². The molecule has 48 heavy (non-hydrogen) atoms. The highest BCUT2D eigenvalue weighted by Gasteiger charge is 2.57. The number of aromatic nitrogens is 1. The summed E-state index contributed by atoms with van der Waals surface area (Å²) in [7, 11) is -2.14. The molecule has 258 valence electrons. The topological polar surface area (TPSA) is 97.7 Å². The summed E-state index contributed by atoms with van der Waals surface area (Å²) in [4.78, 5) is 30.4. The van der Waals surface area contributed by atoms with Crippen molar-refractivity contribution in [2.24, 2.45) is 11.3 Å². The van der Waals surface area contributed by atoms with Crippen LogP contribution in [0.2, 0.25) is 0 Å². The van der Waals surface area contributed by atoms with Gasteiger partial charge in [0.25, 0.3) is 5.91 Å². The van der Waals surface area contributed by atoms with Crippen molar-refractivity contribution < 1.29 is 22.7 Å². The third-order valence-electron chi connectivity index (χ3n) is 12.2. The number of nitrogens with zero attached hydrogens (tertiary/aromatic N) is 2. The summed E-state index contributed by atoms with van der Waals surface area (Å²) in [6, 6.07) is 14.5. The summed E-state index contributed by atoms with van der Waals surface area (Å²) in [6.07, 6.45) is 12.2. The van der Waals surface area contributed by atoms with E-state index in [1.165, 1.54) is 24.8 Å². The number of amides is 2. The predicted octanol–water partition coefficient (Wildman–Crippen LogP) is 7.79. The molecule has 3 aromatic rings. The standard InChI is InChI=1S/C39H51N3O5S/c1-5-25(3)48(45,46)40-37(43)29-14-17-33-34(23-29)41(24-39(18-19-39)38(44)42-30(6-2)20-26-21-31(42)22-26)36(28-12-15-32(47-4)16-13-28)35(33)27-10-8-7-9-11-27/h12-17,23,25-27,30-31H,5-11,18-22,24H2,1-4H3,(H,40,43). The molecule has 2 bridgehead atoms. The zero-order valence-corrected chi connectivity index (χ0v) is 29.8. The summed E-state index contributed by atoms with van der Waals surface area (Å²) in [5.74, 6) is 1.58. The van der Waals surface area contributed by atoms with Gasteiger partial charge in [0.15, 0.2) is 0 Å². The Hall–Kier alpha value is -3.33. The van der Waals surface area contributed by atoms with E-state index in [4.69, 9.17) is 4.74 Å². The molecule has 5 aliphatic rings. The molecule has 8 nitrogen and oxygen atoms in total. The third kappa shape index (κ3) is 5.84. The van der Waals surface area contributed by atoms with Gasteiger partial charge in [-0.3, -0.25) is 9.59 Å². The minimum atomic E-state index is -3.81. The number of benzene rings is 2. The maximum absolute atomic E-state index is 14.7. The predicted molar refractivity (Wildman–Crippen MR) is 190 cm³/mol. The molecule has 3 saturated carbocycles. The summed E-state index contributed by atoms with van der Waals surface area (Å²) < 4.78 is 36.0. The molecule has 0 radical (unpaired) electrons. The Morgan fingerprint density at radius 2 is 1.71 bits per heavy atom. The summed E-state index contributed by atoms with van der Waals surface area (Å²) >= 11 is 0. The normalized spacial score (nSPS) is 24.2. The fraction of sp³-hybridized carbons (Fsp3) is 0.590. The maximum Gasteiger partial charge on any atom is 0.264 e. The molecule has 3 aliphatic carbocycles. The van der Waals surface area contributed by atoms with E-state index in [0.29, 0.717) is 42.4 Å². The first-order valence-electron chi connectivity index (χ1n) is 18.3.